The number of carbonyl (C=O) groups excluding carboxylic acids is 2. The van der Waals surface area contributed by atoms with Crippen molar-refractivity contribution in [2.45, 2.75) is 13.0 Å². The third-order valence-electron chi connectivity index (χ3n) is 2.91. The van der Waals surface area contributed by atoms with E-state index in [9.17, 15) is 14.0 Å². The van der Waals surface area contributed by atoms with Gasteiger partial charge in [-0.25, -0.2) is 9.18 Å². The first kappa shape index (κ1) is 16.5. The summed E-state index contributed by atoms with van der Waals surface area (Å²) in [6.45, 7) is 1.08. The van der Waals surface area contributed by atoms with Gasteiger partial charge >= 0.3 is 5.97 Å². The molecular weight excluding hydrogens is 301 g/mol. The molecule has 0 aliphatic heterocycles. The Hall–Kier alpha value is -2.89. The van der Waals surface area contributed by atoms with Gasteiger partial charge in [-0.1, -0.05) is 30.3 Å². The van der Waals surface area contributed by atoms with E-state index in [1.807, 2.05) is 6.07 Å². The number of carbonyl (C=O) groups is 2. The minimum atomic E-state index is -1.07. The van der Waals surface area contributed by atoms with E-state index in [0.717, 1.165) is 0 Å². The highest BCUT2D eigenvalue weighted by Gasteiger charge is 2.19. The fourth-order valence-corrected chi connectivity index (χ4v) is 1.74. The van der Waals surface area contributed by atoms with Gasteiger partial charge in [-0.05, 0) is 31.2 Å². The van der Waals surface area contributed by atoms with Gasteiger partial charge in [0.2, 0.25) is 0 Å². The summed E-state index contributed by atoms with van der Waals surface area (Å²) in [5.41, 5.74) is 0.0286. The number of para-hydroxylation sites is 2. The summed E-state index contributed by atoms with van der Waals surface area (Å²) in [4.78, 5) is 23.5. The van der Waals surface area contributed by atoms with Crippen LogP contribution in [0.3, 0.4) is 0 Å². The minimum absolute atomic E-state index is 0.0286. The Bertz CT molecular complexity index is 675. The van der Waals surface area contributed by atoms with Crippen molar-refractivity contribution in [1.82, 2.24) is 0 Å². The van der Waals surface area contributed by atoms with E-state index in [1.165, 1.54) is 25.1 Å². The van der Waals surface area contributed by atoms with Gasteiger partial charge < -0.3 is 14.8 Å². The number of benzene rings is 2. The van der Waals surface area contributed by atoms with Crippen molar-refractivity contribution in [1.29, 1.82) is 0 Å². The van der Waals surface area contributed by atoms with Crippen molar-refractivity contribution in [3.8, 4) is 5.75 Å². The van der Waals surface area contributed by atoms with Gasteiger partial charge in [0, 0.05) is 0 Å². The third kappa shape index (κ3) is 5.10. The van der Waals surface area contributed by atoms with Gasteiger partial charge in [-0.15, -0.1) is 0 Å². The molecule has 2 rings (SSSR count). The molecule has 120 valence electrons. The Morgan fingerprint density at radius 1 is 1.09 bits per heavy atom. The van der Waals surface area contributed by atoms with Gasteiger partial charge in [-0.3, -0.25) is 4.79 Å². The smallest absolute Gasteiger partial charge is 0.344 e. The summed E-state index contributed by atoms with van der Waals surface area (Å²) < 4.78 is 23.6. The van der Waals surface area contributed by atoms with Gasteiger partial charge in [0.05, 0.1) is 5.69 Å². The van der Waals surface area contributed by atoms with Crippen LogP contribution < -0.4 is 10.1 Å². The molecule has 0 saturated heterocycles. The molecule has 2 aromatic carbocycles. The van der Waals surface area contributed by atoms with Gasteiger partial charge in [0.1, 0.15) is 11.6 Å². The number of ether oxygens (including phenoxy) is 2. The first-order chi connectivity index (χ1) is 11.1. The lowest BCUT2D eigenvalue weighted by Gasteiger charge is -2.14. The van der Waals surface area contributed by atoms with Gasteiger partial charge in [0.25, 0.3) is 5.91 Å². The molecule has 0 aliphatic rings. The van der Waals surface area contributed by atoms with Crippen molar-refractivity contribution in [2.24, 2.45) is 0 Å². The molecule has 1 amide bonds. The van der Waals surface area contributed by atoms with Crippen LogP contribution in [0, 0.1) is 5.82 Å². The zero-order chi connectivity index (χ0) is 16.7. The Kier molecular flexibility index (Phi) is 5.68. The molecule has 5 nitrogen and oxygen atoms in total. The van der Waals surface area contributed by atoms with Gasteiger partial charge in [0.15, 0.2) is 12.7 Å². The highest BCUT2D eigenvalue weighted by atomic mass is 19.1. The van der Waals surface area contributed by atoms with Crippen molar-refractivity contribution in [3.63, 3.8) is 0 Å². The summed E-state index contributed by atoms with van der Waals surface area (Å²) >= 11 is 0. The second-order valence-electron chi connectivity index (χ2n) is 4.70. The molecule has 2 aromatic rings. The lowest BCUT2D eigenvalue weighted by Crippen LogP contribution is -2.31. The first-order valence-electron chi connectivity index (χ1n) is 6.99. The number of esters is 1. The molecule has 0 bridgehead atoms. The molecule has 1 atom stereocenters. The van der Waals surface area contributed by atoms with Crippen LogP contribution in [0.1, 0.15) is 6.92 Å². The third-order valence-corrected chi connectivity index (χ3v) is 2.91. The number of amides is 1. The van der Waals surface area contributed by atoms with E-state index in [0.29, 0.717) is 5.75 Å². The van der Waals surface area contributed by atoms with Crippen molar-refractivity contribution >= 4 is 17.6 Å². The predicted octanol–water partition coefficient (Wildman–Crippen LogP) is 2.77. The maximum Gasteiger partial charge on any atom is 0.344 e. The van der Waals surface area contributed by atoms with Crippen molar-refractivity contribution in [3.05, 3.63) is 60.4 Å². The van der Waals surface area contributed by atoms with Crippen LogP contribution in [0.2, 0.25) is 0 Å². The second-order valence-corrected chi connectivity index (χ2v) is 4.70. The molecule has 1 N–H and O–H groups in total. The molecule has 0 unspecified atom stereocenters. The van der Waals surface area contributed by atoms with Crippen LogP contribution in [0.15, 0.2) is 54.6 Å². The van der Waals surface area contributed by atoms with E-state index in [-0.39, 0.29) is 12.3 Å². The first-order valence-corrected chi connectivity index (χ1v) is 6.99. The van der Waals surface area contributed by atoms with E-state index in [1.54, 1.807) is 30.3 Å². The number of anilines is 1. The van der Waals surface area contributed by atoms with Crippen LogP contribution in [0.25, 0.3) is 0 Å². The number of rotatable bonds is 6. The number of halogens is 1. The normalized spacial score (nSPS) is 11.4. The molecule has 0 aliphatic carbocycles. The van der Waals surface area contributed by atoms with Crippen LogP contribution in [-0.2, 0) is 14.3 Å². The highest BCUT2D eigenvalue weighted by Crippen LogP contribution is 2.13. The molecule has 0 saturated carbocycles. The van der Waals surface area contributed by atoms with Crippen LogP contribution >= 0.6 is 0 Å². The van der Waals surface area contributed by atoms with E-state index in [2.05, 4.69) is 5.32 Å². The maximum absolute atomic E-state index is 13.4. The largest absolute Gasteiger partial charge is 0.482 e. The summed E-state index contributed by atoms with van der Waals surface area (Å²) in [6, 6.07) is 14.5. The average molecular weight is 317 g/mol. The number of hydrogen-bond acceptors (Lipinski definition) is 4. The Balaban J connectivity index is 1.81. The van der Waals surface area contributed by atoms with Crippen LogP contribution in [0.5, 0.6) is 5.75 Å². The molecule has 23 heavy (non-hydrogen) atoms. The number of nitrogens with one attached hydrogen (secondary N) is 1. The molecule has 0 heterocycles. The topological polar surface area (TPSA) is 64.6 Å². The molecule has 0 fully saturated rings. The summed E-state index contributed by atoms with van der Waals surface area (Å²) in [5, 5.41) is 2.36. The Morgan fingerprint density at radius 2 is 1.74 bits per heavy atom. The monoisotopic (exact) mass is 317 g/mol. The van der Waals surface area contributed by atoms with Crippen molar-refractivity contribution < 1.29 is 23.5 Å². The Morgan fingerprint density at radius 3 is 2.43 bits per heavy atom. The summed E-state index contributed by atoms with van der Waals surface area (Å²) in [7, 11) is 0. The van der Waals surface area contributed by atoms with Gasteiger partial charge in [-0.2, -0.15) is 0 Å². The van der Waals surface area contributed by atoms with E-state index < -0.39 is 23.8 Å². The lowest BCUT2D eigenvalue weighted by molar-refractivity contribution is -0.155. The molecule has 0 aromatic heterocycles. The summed E-state index contributed by atoms with van der Waals surface area (Å²) in [5.74, 6) is -1.35. The quantitative estimate of drug-likeness (QED) is 0.832. The second kappa shape index (κ2) is 7.93. The molecular formula is C17H16FNO4. The van der Waals surface area contributed by atoms with E-state index >= 15 is 0 Å². The molecule has 0 spiro atoms. The summed E-state index contributed by atoms with van der Waals surface area (Å²) in [6.07, 6.45) is -1.07. The zero-order valence-electron chi connectivity index (χ0n) is 12.5. The molecule has 0 radical (unpaired) electrons. The highest BCUT2D eigenvalue weighted by molar-refractivity contribution is 5.95. The minimum Gasteiger partial charge on any atom is -0.482 e. The van der Waals surface area contributed by atoms with Crippen LogP contribution in [-0.4, -0.2) is 24.6 Å². The lowest BCUT2D eigenvalue weighted by atomic mass is 10.3. The maximum atomic E-state index is 13.4. The SMILES string of the molecule is C[C@H](OC(=O)COc1ccccc1)C(=O)Nc1ccccc1F. The van der Waals surface area contributed by atoms with Crippen LogP contribution in [0.4, 0.5) is 10.1 Å². The fraction of sp³-hybridized carbons (Fsp3) is 0.176. The average Bonchev–Trinajstić information content (AvgIpc) is 2.56. The molecule has 6 heteroatoms. The number of hydrogen-bond donors (Lipinski definition) is 1. The standard InChI is InChI=1S/C17H16FNO4/c1-12(17(21)19-15-10-6-5-9-14(15)18)23-16(20)11-22-13-7-3-2-4-8-13/h2-10,12H,11H2,1H3,(H,19,21)/t12-/m0/s1. The fourth-order valence-electron chi connectivity index (χ4n) is 1.74. The zero-order valence-corrected chi connectivity index (χ0v) is 12.5. The Labute approximate surface area is 133 Å². The predicted molar refractivity (Wildman–Crippen MR) is 82.5 cm³/mol. The van der Waals surface area contributed by atoms with Crippen molar-refractivity contribution in [2.75, 3.05) is 11.9 Å². The van der Waals surface area contributed by atoms with E-state index in [4.69, 9.17) is 9.47 Å².